The summed E-state index contributed by atoms with van der Waals surface area (Å²) in [4.78, 5) is 19.0. The molecule has 176 valence electrons. The van der Waals surface area contributed by atoms with E-state index in [9.17, 15) is 4.79 Å². The number of carbonyl (C=O) groups excluding carboxylic acids is 1. The average Bonchev–Trinajstić information content (AvgIpc) is 3.48. The van der Waals surface area contributed by atoms with Gasteiger partial charge in [-0.3, -0.25) is 4.79 Å². The average molecular weight is 461 g/mol. The first-order valence-electron chi connectivity index (χ1n) is 11.5. The van der Waals surface area contributed by atoms with Crippen molar-refractivity contribution < 1.29 is 4.79 Å². The van der Waals surface area contributed by atoms with Crippen LogP contribution in [0.1, 0.15) is 56.1 Å². The van der Waals surface area contributed by atoms with E-state index in [1.165, 1.54) is 6.20 Å². The number of benzene rings is 1. The Hall–Kier alpha value is -3.86. The second kappa shape index (κ2) is 9.18. The van der Waals surface area contributed by atoms with Gasteiger partial charge in [-0.1, -0.05) is 12.1 Å². The van der Waals surface area contributed by atoms with Crippen LogP contribution in [0.5, 0.6) is 0 Å². The van der Waals surface area contributed by atoms with Crippen LogP contribution in [0.25, 0.3) is 17.0 Å². The third kappa shape index (κ3) is 4.60. The number of imidazole rings is 1. The monoisotopic (exact) mass is 460 g/mol. The lowest BCUT2D eigenvalue weighted by molar-refractivity contribution is 0.102. The zero-order valence-corrected chi connectivity index (χ0v) is 19.2. The van der Waals surface area contributed by atoms with Crippen LogP contribution in [-0.4, -0.2) is 52.8 Å². The topological polar surface area (TPSA) is 141 Å². The summed E-state index contributed by atoms with van der Waals surface area (Å²) in [6, 6.07) is 11.8. The van der Waals surface area contributed by atoms with Crippen molar-refractivity contribution >= 4 is 23.1 Å². The van der Waals surface area contributed by atoms with E-state index in [1.54, 1.807) is 9.31 Å². The second-order valence-electron chi connectivity index (χ2n) is 8.95. The van der Waals surface area contributed by atoms with Gasteiger partial charge >= 0.3 is 0 Å². The number of tetrazole rings is 1. The molecule has 3 aromatic heterocycles. The molecular weight excluding hydrogens is 432 g/mol. The lowest BCUT2D eigenvalue weighted by atomic mass is 9.92. The summed E-state index contributed by atoms with van der Waals surface area (Å²) in [5.74, 6) is 0.902. The summed E-state index contributed by atoms with van der Waals surface area (Å²) in [7, 11) is 0. The van der Waals surface area contributed by atoms with Crippen LogP contribution in [0.2, 0.25) is 0 Å². The Balaban J connectivity index is 1.33. The summed E-state index contributed by atoms with van der Waals surface area (Å²) in [6.45, 7) is 3.97. The fraction of sp³-hybridized carbons (Fsp3) is 0.391. The number of hydrogen-bond acceptors (Lipinski definition) is 8. The van der Waals surface area contributed by atoms with Crippen molar-refractivity contribution in [3.05, 3.63) is 48.3 Å². The van der Waals surface area contributed by atoms with Crippen LogP contribution in [0.4, 0.5) is 11.5 Å². The standard InChI is InChI=1S/C23H28N10O/c1-14(2)33-30-22(28-31-33)15-4-3-5-18(12-15)27-23(34)19-13-25-21-11-10-20(29-32(19)21)26-17-8-6-16(24)7-9-17/h3-5,10-14,16-17H,6-9,24H2,1-2H3,(H,26,29)(H,27,34)/t16-,17-. The Labute approximate surface area is 196 Å². The molecule has 1 fully saturated rings. The molecule has 34 heavy (non-hydrogen) atoms. The van der Waals surface area contributed by atoms with Crippen molar-refractivity contribution in [2.24, 2.45) is 5.73 Å². The largest absolute Gasteiger partial charge is 0.366 e. The van der Waals surface area contributed by atoms with Crippen LogP contribution >= 0.6 is 0 Å². The van der Waals surface area contributed by atoms with Crippen molar-refractivity contribution in [1.29, 1.82) is 0 Å². The lowest BCUT2D eigenvalue weighted by Gasteiger charge is -2.27. The predicted octanol–water partition coefficient (Wildman–Crippen LogP) is 2.90. The number of rotatable bonds is 6. The number of nitrogens with one attached hydrogen (secondary N) is 2. The van der Waals surface area contributed by atoms with E-state index >= 15 is 0 Å². The van der Waals surface area contributed by atoms with E-state index in [0.717, 1.165) is 31.2 Å². The molecule has 0 saturated heterocycles. The molecule has 11 nitrogen and oxygen atoms in total. The van der Waals surface area contributed by atoms with Gasteiger partial charge in [0.25, 0.3) is 5.91 Å². The highest BCUT2D eigenvalue weighted by Crippen LogP contribution is 2.22. The minimum absolute atomic E-state index is 0.113. The van der Waals surface area contributed by atoms with Crippen molar-refractivity contribution in [3.63, 3.8) is 0 Å². The predicted molar refractivity (Wildman–Crippen MR) is 128 cm³/mol. The number of nitrogens with zero attached hydrogens (tertiary/aromatic N) is 7. The Morgan fingerprint density at radius 1 is 1.12 bits per heavy atom. The normalized spacial score (nSPS) is 18.4. The van der Waals surface area contributed by atoms with Gasteiger partial charge in [-0.05, 0) is 69.0 Å². The van der Waals surface area contributed by atoms with Gasteiger partial charge in [-0.2, -0.15) is 4.80 Å². The number of hydrogen-bond donors (Lipinski definition) is 3. The van der Waals surface area contributed by atoms with Crippen molar-refractivity contribution in [2.45, 2.75) is 57.7 Å². The number of fused-ring (bicyclic) bond motifs is 1. The van der Waals surface area contributed by atoms with E-state index in [1.807, 2.05) is 50.2 Å². The van der Waals surface area contributed by atoms with Gasteiger partial charge in [0.1, 0.15) is 5.82 Å². The molecule has 1 saturated carbocycles. The van der Waals surface area contributed by atoms with Gasteiger partial charge in [-0.25, -0.2) is 9.50 Å². The van der Waals surface area contributed by atoms with Gasteiger partial charge in [0.05, 0.1) is 12.2 Å². The third-order valence-electron chi connectivity index (χ3n) is 5.99. The molecular formula is C23H28N10O. The summed E-state index contributed by atoms with van der Waals surface area (Å²) in [5, 5.41) is 23.6. The Bertz CT molecular complexity index is 1300. The molecule has 5 rings (SSSR count). The van der Waals surface area contributed by atoms with Crippen molar-refractivity contribution in [3.8, 4) is 11.4 Å². The molecule has 4 aromatic rings. The van der Waals surface area contributed by atoms with Crippen molar-refractivity contribution in [2.75, 3.05) is 10.6 Å². The summed E-state index contributed by atoms with van der Waals surface area (Å²) < 4.78 is 1.56. The number of nitrogens with two attached hydrogens (primary N) is 1. The first-order chi connectivity index (χ1) is 16.5. The molecule has 0 unspecified atom stereocenters. The molecule has 1 amide bonds. The van der Waals surface area contributed by atoms with Gasteiger partial charge in [0.2, 0.25) is 5.82 Å². The highest BCUT2D eigenvalue weighted by Gasteiger charge is 2.20. The van der Waals surface area contributed by atoms with E-state index in [-0.39, 0.29) is 18.0 Å². The molecule has 1 aromatic carbocycles. The molecule has 1 aliphatic carbocycles. The molecule has 0 radical (unpaired) electrons. The number of amides is 1. The quantitative estimate of drug-likeness (QED) is 0.399. The minimum atomic E-state index is -0.309. The Kier molecular flexibility index (Phi) is 5.93. The van der Waals surface area contributed by atoms with Gasteiger partial charge in [0, 0.05) is 23.3 Å². The summed E-state index contributed by atoms with van der Waals surface area (Å²) in [5.41, 5.74) is 8.34. The van der Waals surface area contributed by atoms with E-state index < -0.39 is 0 Å². The zero-order valence-electron chi connectivity index (χ0n) is 19.2. The SMILES string of the molecule is CC(C)n1nnc(-c2cccc(NC(=O)c3cnc4ccc(N[C@H]5CC[C@H](N)CC5)nn34)c2)n1. The smallest absolute Gasteiger partial charge is 0.276 e. The van der Waals surface area contributed by atoms with E-state index in [4.69, 9.17) is 5.73 Å². The molecule has 0 spiro atoms. The van der Waals surface area contributed by atoms with E-state index in [0.29, 0.717) is 34.7 Å². The number of carbonyl (C=O) groups is 1. The van der Waals surface area contributed by atoms with Gasteiger partial charge < -0.3 is 16.4 Å². The fourth-order valence-corrected chi connectivity index (χ4v) is 4.07. The molecule has 0 bridgehead atoms. The van der Waals surface area contributed by atoms with Crippen LogP contribution in [0.3, 0.4) is 0 Å². The van der Waals surface area contributed by atoms with Crippen LogP contribution in [-0.2, 0) is 0 Å². The maximum Gasteiger partial charge on any atom is 0.276 e. The van der Waals surface area contributed by atoms with Crippen LogP contribution in [0.15, 0.2) is 42.6 Å². The first-order valence-corrected chi connectivity index (χ1v) is 11.5. The summed E-state index contributed by atoms with van der Waals surface area (Å²) in [6.07, 6.45) is 5.55. The molecule has 0 aliphatic heterocycles. The highest BCUT2D eigenvalue weighted by molar-refractivity contribution is 6.03. The number of anilines is 2. The Morgan fingerprint density at radius 3 is 2.71 bits per heavy atom. The molecule has 4 N–H and O–H groups in total. The van der Waals surface area contributed by atoms with Crippen molar-refractivity contribution in [1.82, 2.24) is 34.8 Å². The molecule has 11 heteroatoms. The summed E-state index contributed by atoms with van der Waals surface area (Å²) >= 11 is 0. The lowest BCUT2D eigenvalue weighted by Crippen LogP contribution is -2.33. The van der Waals surface area contributed by atoms with Gasteiger partial charge in [0.15, 0.2) is 11.3 Å². The first kappa shape index (κ1) is 22.0. The molecule has 3 heterocycles. The highest BCUT2D eigenvalue weighted by atomic mass is 16.2. The molecule has 0 atom stereocenters. The minimum Gasteiger partial charge on any atom is -0.366 e. The number of aromatic nitrogens is 7. The van der Waals surface area contributed by atoms with E-state index in [2.05, 4.69) is 36.1 Å². The third-order valence-corrected chi connectivity index (χ3v) is 5.99. The van der Waals surface area contributed by atoms with Gasteiger partial charge in [-0.15, -0.1) is 15.3 Å². The second-order valence-corrected chi connectivity index (χ2v) is 8.95. The Morgan fingerprint density at radius 2 is 1.94 bits per heavy atom. The zero-order chi connectivity index (χ0) is 23.7. The van der Waals surface area contributed by atoms with Crippen LogP contribution in [0, 0.1) is 0 Å². The maximum atomic E-state index is 13.1. The fourth-order valence-electron chi connectivity index (χ4n) is 4.07. The molecule has 1 aliphatic rings. The van der Waals surface area contributed by atoms with Crippen LogP contribution < -0.4 is 16.4 Å². The maximum absolute atomic E-state index is 13.1.